The van der Waals surface area contributed by atoms with Crippen molar-refractivity contribution in [2.24, 2.45) is 0 Å². The van der Waals surface area contributed by atoms with Crippen LogP contribution in [0, 0.1) is 11.3 Å². The molecule has 0 aromatic heterocycles. The van der Waals surface area contributed by atoms with Crippen LogP contribution in [0.25, 0.3) is 6.08 Å². The van der Waals surface area contributed by atoms with Crippen LogP contribution in [0.2, 0.25) is 10.0 Å². The number of benzene rings is 3. The normalized spacial score (nSPS) is 10.8. The van der Waals surface area contributed by atoms with Crippen molar-refractivity contribution in [1.29, 1.82) is 5.26 Å². The van der Waals surface area contributed by atoms with E-state index in [1.165, 1.54) is 6.08 Å². The summed E-state index contributed by atoms with van der Waals surface area (Å²) in [4.78, 5) is 24.8. The molecular weight excluding hydrogens is 461 g/mol. The standard InChI is InChI=1S/C25H19Cl2N3O3/c26-20-10-11-23(33-16-24(31)30-22-9-5-4-8-21(22)27)18(13-20)12-19(14-28)25(32)29-15-17-6-2-1-3-7-17/h1-13H,15-16H2,(H,29,32)(H,30,31)/b19-12+. The van der Waals surface area contributed by atoms with Gasteiger partial charge < -0.3 is 15.4 Å². The van der Waals surface area contributed by atoms with E-state index in [0.29, 0.717) is 21.3 Å². The monoisotopic (exact) mass is 479 g/mol. The minimum Gasteiger partial charge on any atom is -0.483 e. The molecule has 0 aliphatic carbocycles. The van der Waals surface area contributed by atoms with Gasteiger partial charge in [-0.05, 0) is 42.0 Å². The third-order valence-electron chi connectivity index (χ3n) is 4.44. The van der Waals surface area contributed by atoms with E-state index >= 15 is 0 Å². The number of hydrogen-bond acceptors (Lipinski definition) is 4. The van der Waals surface area contributed by atoms with Crippen LogP contribution in [-0.2, 0) is 16.1 Å². The second-order valence-corrected chi connectivity index (χ2v) is 7.68. The van der Waals surface area contributed by atoms with E-state index in [4.69, 9.17) is 27.9 Å². The van der Waals surface area contributed by atoms with Gasteiger partial charge in [0, 0.05) is 17.1 Å². The Bertz CT molecular complexity index is 1220. The maximum absolute atomic E-state index is 12.5. The predicted molar refractivity (Wildman–Crippen MR) is 129 cm³/mol. The summed E-state index contributed by atoms with van der Waals surface area (Å²) < 4.78 is 5.62. The highest BCUT2D eigenvalue weighted by Crippen LogP contribution is 2.26. The molecule has 2 N–H and O–H groups in total. The highest BCUT2D eigenvalue weighted by atomic mass is 35.5. The summed E-state index contributed by atoms with van der Waals surface area (Å²) in [5, 5.41) is 15.6. The molecule has 0 radical (unpaired) electrons. The van der Waals surface area contributed by atoms with E-state index in [1.807, 2.05) is 36.4 Å². The summed E-state index contributed by atoms with van der Waals surface area (Å²) in [6.45, 7) is -0.0321. The Morgan fingerprint density at radius 3 is 2.45 bits per heavy atom. The van der Waals surface area contributed by atoms with Crippen molar-refractivity contribution in [2.45, 2.75) is 6.54 Å². The Hall–Kier alpha value is -3.79. The van der Waals surface area contributed by atoms with E-state index in [9.17, 15) is 14.9 Å². The average molecular weight is 480 g/mol. The highest BCUT2D eigenvalue weighted by Gasteiger charge is 2.13. The van der Waals surface area contributed by atoms with Gasteiger partial charge in [-0.25, -0.2) is 0 Å². The van der Waals surface area contributed by atoms with Crippen LogP contribution in [0.4, 0.5) is 5.69 Å². The number of rotatable bonds is 8. The molecule has 0 bridgehead atoms. The fraction of sp³-hybridized carbons (Fsp3) is 0.0800. The van der Waals surface area contributed by atoms with Crippen molar-refractivity contribution >= 4 is 46.8 Å². The first-order valence-electron chi connectivity index (χ1n) is 9.87. The minimum absolute atomic E-state index is 0.126. The van der Waals surface area contributed by atoms with E-state index in [1.54, 1.807) is 42.5 Å². The van der Waals surface area contributed by atoms with Crippen molar-refractivity contribution in [3.8, 4) is 11.8 Å². The SMILES string of the molecule is N#C/C(=C\c1cc(Cl)ccc1OCC(=O)Nc1ccccc1Cl)C(=O)NCc1ccccc1. The van der Waals surface area contributed by atoms with Crippen LogP contribution in [0.3, 0.4) is 0 Å². The molecule has 0 aliphatic rings. The first-order chi connectivity index (χ1) is 16.0. The summed E-state index contributed by atoms with van der Waals surface area (Å²) in [5.41, 5.74) is 1.63. The molecule has 0 fully saturated rings. The van der Waals surface area contributed by atoms with E-state index in [2.05, 4.69) is 10.6 Å². The Morgan fingerprint density at radius 1 is 1.00 bits per heavy atom. The Kier molecular flexibility index (Phi) is 8.48. The summed E-state index contributed by atoms with van der Waals surface area (Å²) in [7, 11) is 0. The Labute approximate surface area is 201 Å². The van der Waals surface area contributed by atoms with Crippen LogP contribution < -0.4 is 15.4 Å². The van der Waals surface area contributed by atoms with Crippen LogP contribution in [0.15, 0.2) is 78.4 Å². The molecule has 8 heteroatoms. The molecular formula is C25H19Cl2N3O3. The zero-order valence-electron chi connectivity index (χ0n) is 17.3. The molecule has 0 atom stereocenters. The minimum atomic E-state index is -0.538. The van der Waals surface area contributed by atoms with Crippen LogP contribution in [0.5, 0.6) is 5.75 Å². The van der Waals surface area contributed by atoms with Crippen molar-refractivity contribution in [3.63, 3.8) is 0 Å². The summed E-state index contributed by atoms with van der Waals surface area (Å²) in [6, 6.07) is 22.8. The van der Waals surface area contributed by atoms with Gasteiger partial charge in [-0.15, -0.1) is 0 Å². The molecule has 6 nitrogen and oxygen atoms in total. The lowest BCUT2D eigenvalue weighted by Crippen LogP contribution is -2.24. The number of hydrogen-bond donors (Lipinski definition) is 2. The molecule has 0 spiro atoms. The molecule has 166 valence electrons. The molecule has 3 aromatic carbocycles. The molecule has 0 heterocycles. The molecule has 3 rings (SSSR count). The number of nitriles is 1. The lowest BCUT2D eigenvalue weighted by Gasteiger charge is -2.11. The quantitative estimate of drug-likeness (QED) is 0.341. The third kappa shape index (κ3) is 7.11. The molecule has 33 heavy (non-hydrogen) atoms. The second-order valence-electron chi connectivity index (χ2n) is 6.84. The van der Waals surface area contributed by atoms with Gasteiger partial charge in [0.25, 0.3) is 11.8 Å². The molecule has 3 aromatic rings. The first-order valence-corrected chi connectivity index (χ1v) is 10.6. The lowest BCUT2D eigenvalue weighted by atomic mass is 10.1. The number of anilines is 1. The Balaban J connectivity index is 1.70. The van der Waals surface area contributed by atoms with Gasteiger partial charge in [0.15, 0.2) is 6.61 Å². The summed E-state index contributed by atoms with van der Waals surface area (Å²) in [6.07, 6.45) is 1.37. The molecule has 0 unspecified atom stereocenters. The number of para-hydroxylation sites is 1. The second kappa shape index (κ2) is 11.7. The van der Waals surface area contributed by atoms with Crippen LogP contribution in [0.1, 0.15) is 11.1 Å². The first kappa shape index (κ1) is 23.9. The smallest absolute Gasteiger partial charge is 0.262 e. The number of nitrogens with zero attached hydrogens (tertiary/aromatic N) is 1. The number of ether oxygens (including phenoxy) is 1. The molecule has 0 aliphatic heterocycles. The fourth-order valence-electron chi connectivity index (χ4n) is 2.83. The number of carbonyl (C=O) groups excluding carboxylic acids is 2. The summed E-state index contributed by atoms with van der Waals surface area (Å²) >= 11 is 12.1. The van der Waals surface area contributed by atoms with Crippen molar-refractivity contribution in [1.82, 2.24) is 5.32 Å². The largest absolute Gasteiger partial charge is 0.483 e. The van der Waals surface area contributed by atoms with Gasteiger partial charge in [0.2, 0.25) is 0 Å². The Morgan fingerprint density at radius 2 is 1.73 bits per heavy atom. The number of halogens is 2. The fourth-order valence-corrected chi connectivity index (χ4v) is 3.20. The highest BCUT2D eigenvalue weighted by molar-refractivity contribution is 6.33. The van der Waals surface area contributed by atoms with E-state index in [0.717, 1.165) is 5.56 Å². The zero-order chi connectivity index (χ0) is 23.6. The van der Waals surface area contributed by atoms with Gasteiger partial charge in [0.1, 0.15) is 17.4 Å². The maximum Gasteiger partial charge on any atom is 0.262 e. The van der Waals surface area contributed by atoms with Gasteiger partial charge in [-0.1, -0.05) is 65.7 Å². The van der Waals surface area contributed by atoms with E-state index in [-0.39, 0.29) is 24.5 Å². The average Bonchev–Trinajstić information content (AvgIpc) is 2.82. The predicted octanol–water partition coefficient (Wildman–Crippen LogP) is 5.23. The summed E-state index contributed by atoms with van der Waals surface area (Å²) in [5.74, 6) is -0.671. The van der Waals surface area contributed by atoms with Gasteiger partial charge in [-0.2, -0.15) is 5.26 Å². The zero-order valence-corrected chi connectivity index (χ0v) is 18.9. The maximum atomic E-state index is 12.5. The molecule has 0 saturated heterocycles. The van der Waals surface area contributed by atoms with Gasteiger partial charge >= 0.3 is 0 Å². The van der Waals surface area contributed by atoms with Crippen molar-refractivity contribution < 1.29 is 14.3 Å². The van der Waals surface area contributed by atoms with Crippen molar-refractivity contribution in [3.05, 3.63) is 99.5 Å². The van der Waals surface area contributed by atoms with E-state index < -0.39 is 11.8 Å². The third-order valence-corrected chi connectivity index (χ3v) is 5.00. The van der Waals surface area contributed by atoms with Gasteiger partial charge in [-0.3, -0.25) is 9.59 Å². The number of carbonyl (C=O) groups is 2. The van der Waals surface area contributed by atoms with Crippen molar-refractivity contribution in [2.75, 3.05) is 11.9 Å². The van der Waals surface area contributed by atoms with Gasteiger partial charge in [0.05, 0.1) is 10.7 Å². The van der Waals surface area contributed by atoms with Crippen LogP contribution in [-0.4, -0.2) is 18.4 Å². The molecule has 2 amide bonds. The lowest BCUT2D eigenvalue weighted by molar-refractivity contribution is -0.118. The molecule has 0 saturated carbocycles. The topological polar surface area (TPSA) is 91.2 Å². The van der Waals surface area contributed by atoms with Crippen LogP contribution >= 0.6 is 23.2 Å². The number of amides is 2. The number of nitrogens with one attached hydrogen (secondary N) is 2.